The minimum atomic E-state index is -0.341. The summed E-state index contributed by atoms with van der Waals surface area (Å²) < 4.78 is 10.5. The SMILES string of the molecule is CCCOc1cccc(-c2nnc(CCC(=O)NCCCOC)c(=O)[nH]2)c1. The third kappa shape index (κ3) is 6.82. The zero-order valence-corrected chi connectivity index (χ0v) is 15.8. The largest absolute Gasteiger partial charge is 0.494 e. The highest BCUT2D eigenvalue weighted by Crippen LogP contribution is 2.20. The van der Waals surface area contributed by atoms with Crippen LogP contribution in [0.25, 0.3) is 11.4 Å². The van der Waals surface area contributed by atoms with Gasteiger partial charge in [-0.15, -0.1) is 10.2 Å². The van der Waals surface area contributed by atoms with Crippen LogP contribution in [0.15, 0.2) is 29.1 Å². The Bertz CT molecular complexity index is 791. The maximum absolute atomic E-state index is 12.2. The highest BCUT2D eigenvalue weighted by Gasteiger charge is 2.10. The molecule has 0 aliphatic carbocycles. The Hall–Kier alpha value is -2.74. The monoisotopic (exact) mass is 374 g/mol. The van der Waals surface area contributed by atoms with Gasteiger partial charge in [0.25, 0.3) is 5.56 Å². The molecule has 0 aliphatic heterocycles. The van der Waals surface area contributed by atoms with Crippen molar-refractivity contribution in [1.82, 2.24) is 20.5 Å². The summed E-state index contributed by atoms with van der Waals surface area (Å²) in [5, 5.41) is 10.9. The van der Waals surface area contributed by atoms with Crippen molar-refractivity contribution in [1.29, 1.82) is 0 Å². The first-order valence-electron chi connectivity index (χ1n) is 9.08. The second kappa shape index (κ2) is 11.1. The molecule has 2 N–H and O–H groups in total. The summed E-state index contributed by atoms with van der Waals surface area (Å²) in [6.07, 6.45) is 2.08. The summed E-state index contributed by atoms with van der Waals surface area (Å²) >= 11 is 0. The molecule has 1 aromatic heterocycles. The number of hydrogen-bond acceptors (Lipinski definition) is 6. The van der Waals surface area contributed by atoms with Gasteiger partial charge in [0.15, 0.2) is 5.82 Å². The van der Waals surface area contributed by atoms with E-state index >= 15 is 0 Å². The zero-order chi connectivity index (χ0) is 19.5. The van der Waals surface area contributed by atoms with E-state index in [0.717, 1.165) is 18.4 Å². The van der Waals surface area contributed by atoms with E-state index in [1.807, 2.05) is 31.2 Å². The van der Waals surface area contributed by atoms with Crippen LogP contribution in [0, 0.1) is 0 Å². The summed E-state index contributed by atoms with van der Waals surface area (Å²) in [5.74, 6) is 0.957. The molecule has 27 heavy (non-hydrogen) atoms. The highest BCUT2D eigenvalue weighted by atomic mass is 16.5. The normalized spacial score (nSPS) is 10.6. The molecule has 1 amide bonds. The average molecular weight is 374 g/mol. The topological polar surface area (TPSA) is 106 Å². The van der Waals surface area contributed by atoms with Gasteiger partial charge < -0.3 is 19.8 Å². The van der Waals surface area contributed by atoms with E-state index in [1.54, 1.807) is 7.11 Å². The smallest absolute Gasteiger partial charge is 0.273 e. The molecule has 8 heteroatoms. The lowest BCUT2D eigenvalue weighted by molar-refractivity contribution is -0.121. The summed E-state index contributed by atoms with van der Waals surface area (Å²) in [4.78, 5) is 26.7. The fourth-order valence-corrected chi connectivity index (χ4v) is 2.37. The first kappa shape index (κ1) is 20.6. The number of ether oxygens (including phenoxy) is 2. The van der Waals surface area contributed by atoms with Crippen molar-refractivity contribution in [2.24, 2.45) is 0 Å². The lowest BCUT2D eigenvalue weighted by Gasteiger charge is -2.07. The lowest BCUT2D eigenvalue weighted by Crippen LogP contribution is -2.27. The van der Waals surface area contributed by atoms with Crippen molar-refractivity contribution in [3.05, 3.63) is 40.3 Å². The molecule has 0 aliphatic rings. The molecule has 2 rings (SSSR count). The molecule has 0 spiro atoms. The number of carbonyl (C=O) groups is 1. The third-order valence-corrected chi connectivity index (χ3v) is 3.78. The zero-order valence-electron chi connectivity index (χ0n) is 15.8. The molecule has 0 atom stereocenters. The summed E-state index contributed by atoms with van der Waals surface area (Å²) in [6.45, 7) is 3.80. The van der Waals surface area contributed by atoms with Crippen LogP contribution in [-0.2, 0) is 16.0 Å². The highest BCUT2D eigenvalue weighted by molar-refractivity contribution is 5.76. The molecular weight excluding hydrogens is 348 g/mol. The summed E-state index contributed by atoms with van der Waals surface area (Å²) in [7, 11) is 1.62. The van der Waals surface area contributed by atoms with E-state index < -0.39 is 0 Å². The number of nitrogens with zero attached hydrogens (tertiary/aromatic N) is 2. The van der Waals surface area contributed by atoms with Crippen LogP contribution in [0.5, 0.6) is 5.75 Å². The molecule has 146 valence electrons. The molecule has 0 fully saturated rings. The molecule has 1 heterocycles. The first-order chi connectivity index (χ1) is 13.1. The summed E-state index contributed by atoms with van der Waals surface area (Å²) in [5.41, 5.74) is 0.617. The molecule has 2 aromatic rings. The number of aryl methyl sites for hydroxylation is 1. The molecule has 8 nitrogen and oxygen atoms in total. The van der Waals surface area contributed by atoms with Crippen molar-refractivity contribution in [2.75, 3.05) is 26.9 Å². The van der Waals surface area contributed by atoms with Crippen LogP contribution < -0.4 is 15.6 Å². The van der Waals surface area contributed by atoms with E-state index in [9.17, 15) is 9.59 Å². The number of rotatable bonds is 11. The van der Waals surface area contributed by atoms with Gasteiger partial charge in [-0.1, -0.05) is 19.1 Å². The minimum Gasteiger partial charge on any atom is -0.494 e. The molecule has 0 unspecified atom stereocenters. The van der Waals surface area contributed by atoms with Gasteiger partial charge in [-0.05, 0) is 25.0 Å². The van der Waals surface area contributed by atoms with Crippen molar-refractivity contribution in [3.63, 3.8) is 0 Å². The van der Waals surface area contributed by atoms with Gasteiger partial charge in [0.1, 0.15) is 11.4 Å². The van der Waals surface area contributed by atoms with E-state index in [2.05, 4.69) is 20.5 Å². The molecule has 0 saturated carbocycles. The Morgan fingerprint density at radius 3 is 2.85 bits per heavy atom. The second-order valence-corrected chi connectivity index (χ2v) is 6.02. The average Bonchev–Trinajstić information content (AvgIpc) is 2.69. The number of hydrogen-bond donors (Lipinski definition) is 2. The Labute approximate surface area is 158 Å². The Kier molecular flexibility index (Phi) is 8.44. The van der Waals surface area contributed by atoms with Gasteiger partial charge in [0, 0.05) is 38.7 Å². The number of methoxy groups -OCH3 is 1. The molecule has 0 saturated heterocycles. The van der Waals surface area contributed by atoms with E-state index in [1.165, 1.54) is 0 Å². The van der Waals surface area contributed by atoms with Gasteiger partial charge >= 0.3 is 0 Å². The molecule has 1 aromatic carbocycles. The van der Waals surface area contributed by atoms with Crippen LogP contribution in [0.2, 0.25) is 0 Å². The number of aromatic amines is 1. The van der Waals surface area contributed by atoms with Crippen LogP contribution in [0.4, 0.5) is 0 Å². The molecular formula is C19H26N4O4. The maximum atomic E-state index is 12.2. The standard InChI is InChI=1S/C19H26N4O4/c1-3-11-27-15-7-4-6-14(13-15)18-21-19(25)16(22-23-18)8-9-17(24)20-10-5-12-26-2/h4,6-7,13H,3,5,8-12H2,1-2H3,(H,20,24)(H,21,23,25). The Morgan fingerprint density at radius 1 is 1.26 bits per heavy atom. The van der Waals surface area contributed by atoms with Crippen molar-refractivity contribution < 1.29 is 14.3 Å². The van der Waals surface area contributed by atoms with E-state index in [0.29, 0.717) is 31.3 Å². The maximum Gasteiger partial charge on any atom is 0.273 e. The minimum absolute atomic E-state index is 0.128. The summed E-state index contributed by atoms with van der Waals surface area (Å²) in [6, 6.07) is 7.32. The van der Waals surface area contributed by atoms with Gasteiger partial charge in [0.2, 0.25) is 5.91 Å². The predicted molar refractivity (Wildman–Crippen MR) is 102 cm³/mol. The fourth-order valence-electron chi connectivity index (χ4n) is 2.37. The van der Waals surface area contributed by atoms with Crippen molar-refractivity contribution >= 4 is 5.91 Å². The van der Waals surface area contributed by atoms with E-state index in [-0.39, 0.29) is 30.0 Å². The molecule has 0 radical (unpaired) electrons. The fraction of sp³-hybridized carbons (Fsp3) is 0.474. The Balaban J connectivity index is 1.95. The van der Waals surface area contributed by atoms with Gasteiger partial charge in [-0.2, -0.15) is 0 Å². The van der Waals surface area contributed by atoms with Crippen molar-refractivity contribution in [2.45, 2.75) is 32.6 Å². The van der Waals surface area contributed by atoms with Gasteiger partial charge in [0.05, 0.1) is 6.61 Å². The molecule has 0 bridgehead atoms. The number of aromatic nitrogens is 3. The Morgan fingerprint density at radius 2 is 2.11 bits per heavy atom. The van der Waals surface area contributed by atoms with Crippen molar-refractivity contribution in [3.8, 4) is 17.1 Å². The van der Waals surface area contributed by atoms with Crippen LogP contribution in [-0.4, -0.2) is 48.0 Å². The second-order valence-electron chi connectivity index (χ2n) is 6.02. The number of H-pyrrole nitrogens is 1. The van der Waals surface area contributed by atoms with Crippen LogP contribution in [0.1, 0.15) is 31.9 Å². The van der Waals surface area contributed by atoms with Gasteiger partial charge in [-0.3, -0.25) is 9.59 Å². The van der Waals surface area contributed by atoms with E-state index in [4.69, 9.17) is 9.47 Å². The quantitative estimate of drug-likeness (QED) is 0.580. The first-order valence-corrected chi connectivity index (χ1v) is 9.08. The predicted octanol–water partition coefficient (Wildman–Crippen LogP) is 1.71. The number of carbonyl (C=O) groups excluding carboxylic acids is 1. The van der Waals surface area contributed by atoms with Gasteiger partial charge in [-0.25, -0.2) is 0 Å². The van der Waals surface area contributed by atoms with Crippen LogP contribution in [0.3, 0.4) is 0 Å². The lowest BCUT2D eigenvalue weighted by atomic mass is 10.2. The number of nitrogens with one attached hydrogen (secondary N) is 2. The van der Waals surface area contributed by atoms with Crippen LogP contribution >= 0.6 is 0 Å². The third-order valence-electron chi connectivity index (χ3n) is 3.78. The number of amides is 1. The number of benzene rings is 1.